The molecule has 1 N–H and O–H groups in total. The van der Waals surface area contributed by atoms with Gasteiger partial charge in [-0.2, -0.15) is 0 Å². The van der Waals surface area contributed by atoms with E-state index in [0.29, 0.717) is 17.3 Å². The van der Waals surface area contributed by atoms with Gasteiger partial charge in [0.25, 0.3) is 0 Å². The van der Waals surface area contributed by atoms with Crippen molar-refractivity contribution in [2.24, 2.45) is 0 Å². The Kier molecular flexibility index (Phi) is 3.73. The minimum absolute atomic E-state index is 0.246. The van der Waals surface area contributed by atoms with Gasteiger partial charge in [-0.05, 0) is 36.0 Å². The molecule has 5 rings (SSSR count). The maximum atomic E-state index is 4.83. The maximum Gasteiger partial charge on any atom is 0.245 e. The molecule has 1 aliphatic carbocycles. The second-order valence-electron chi connectivity index (χ2n) is 6.65. The Bertz CT molecular complexity index is 859. The van der Waals surface area contributed by atoms with E-state index in [1.807, 2.05) is 11.6 Å². The molecule has 1 saturated heterocycles. The maximum absolute atomic E-state index is 4.83. The van der Waals surface area contributed by atoms with Crippen molar-refractivity contribution in [1.82, 2.24) is 25.3 Å². The number of rotatable bonds is 4. The molecule has 4 heterocycles. The van der Waals surface area contributed by atoms with Crippen molar-refractivity contribution >= 4 is 34.3 Å². The lowest BCUT2D eigenvalue weighted by molar-refractivity contribution is 0.314. The number of anilines is 2. The SMILES string of the molecule is c1csc([C@@H]2CCCN2c2nc3nonc3nc2NC2CCCC2)n1. The molecule has 0 radical (unpaired) electrons. The molecule has 130 valence electrons. The van der Waals surface area contributed by atoms with Gasteiger partial charge in [0.1, 0.15) is 5.01 Å². The van der Waals surface area contributed by atoms with Crippen molar-refractivity contribution < 1.29 is 4.63 Å². The Morgan fingerprint density at radius 1 is 1.08 bits per heavy atom. The summed E-state index contributed by atoms with van der Waals surface area (Å²) in [6.07, 6.45) is 8.93. The average molecular weight is 357 g/mol. The first kappa shape index (κ1) is 15.0. The number of aromatic nitrogens is 5. The fourth-order valence-corrected chi connectivity index (χ4v) is 4.65. The molecule has 0 unspecified atom stereocenters. The molecule has 1 saturated carbocycles. The summed E-state index contributed by atoms with van der Waals surface area (Å²) in [4.78, 5) is 16.2. The van der Waals surface area contributed by atoms with Gasteiger partial charge in [-0.15, -0.1) is 11.3 Å². The van der Waals surface area contributed by atoms with Crippen LogP contribution in [-0.4, -0.2) is 37.9 Å². The van der Waals surface area contributed by atoms with Gasteiger partial charge >= 0.3 is 0 Å². The Balaban J connectivity index is 1.55. The van der Waals surface area contributed by atoms with Crippen molar-refractivity contribution in [2.75, 3.05) is 16.8 Å². The molecule has 9 heteroatoms. The molecular formula is C16H19N7OS. The van der Waals surface area contributed by atoms with Gasteiger partial charge in [0, 0.05) is 24.2 Å². The standard InChI is InChI=1S/C16H19N7OS/c1-2-5-10(4-1)18-14-15(20-13-12(19-14)21-24-22-13)23-8-3-6-11(23)16-17-7-9-25-16/h7,9-11H,1-6,8H2,(H,18,19,21)/t11-/m0/s1. The molecule has 0 spiro atoms. The molecule has 8 nitrogen and oxygen atoms in total. The third-order valence-corrected chi connectivity index (χ3v) is 5.93. The van der Waals surface area contributed by atoms with Crippen molar-refractivity contribution in [2.45, 2.75) is 50.6 Å². The van der Waals surface area contributed by atoms with E-state index in [2.05, 4.69) is 30.5 Å². The van der Waals surface area contributed by atoms with Crippen LogP contribution < -0.4 is 10.2 Å². The lowest BCUT2D eigenvalue weighted by Gasteiger charge is -2.26. The number of nitrogens with one attached hydrogen (secondary N) is 1. The largest absolute Gasteiger partial charge is 0.364 e. The van der Waals surface area contributed by atoms with Gasteiger partial charge in [-0.25, -0.2) is 19.6 Å². The summed E-state index contributed by atoms with van der Waals surface area (Å²) in [5, 5.41) is 14.5. The Hall–Kier alpha value is -2.29. The van der Waals surface area contributed by atoms with Crippen LogP contribution in [0.1, 0.15) is 49.6 Å². The normalized spacial score (nSPS) is 21.4. The van der Waals surface area contributed by atoms with Crippen LogP contribution >= 0.6 is 11.3 Å². The smallest absolute Gasteiger partial charge is 0.245 e. The first-order chi connectivity index (χ1) is 12.4. The molecule has 0 aromatic carbocycles. The highest BCUT2D eigenvalue weighted by molar-refractivity contribution is 7.09. The summed E-state index contributed by atoms with van der Waals surface area (Å²) in [5.74, 6) is 1.63. The zero-order valence-corrected chi connectivity index (χ0v) is 14.6. The van der Waals surface area contributed by atoms with Gasteiger partial charge < -0.3 is 10.2 Å². The number of hydrogen-bond acceptors (Lipinski definition) is 9. The average Bonchev–Trinajstić information content (AvgIpc) is 3.39. The summed E-state index contributed by atoms with van der Waals surface area (Å²) < 4.78 is 4.83. The van der Waals surface area contributed by atoms with Crippen LogP contribution in [0.15, 0.2) is 16.2 Å². The van der Waals surface area contributed by atoms with Gasteiger partial charge in [-0.3, -0.25) is 0 Å². The van der Waals surface area contributed by atoms with E-state index in [1.54, 1.807) is 11.3 Å². The Morgan fingerprint density at radius 2 is 1.92 bits per heavy atom. The van der Waals surface area contributed by atoms with Crippen LogP contribution in [0.5, 0.6) is 0 Å². The molecule has 1 atom stereocenters. The minimum atomic E-state index is 0.246. The van der Waals surface area contributed by atoms with Gasteiger partial charge in [0.2, 0.25) is 11.3 Å². The molecule has 1 aliphatic heterocycles. The molecule has 2 aliphatic rings. The number of fused-ring (bicyclic) bond motifs is 1. The van der Waals surface area contributed by atoms with Crippen molar-refractivity contribution in [1.29, 1.82) is 0 Å². The van der Waals surface area contributed by atoms with Crippen LogP contribution in [0.25, 0.3) is 11.3 Å². The van der Waals surface area contributed by atoms with Crippen LogP contribution in [0.2, 0.25) is 0 Å². The summed E-state index contributed by atoms with van der Waals surface area (Å²) >= 11 is 1.69. The monoisotopic (exact) mass is 357 g/mol. The van der Waals surface area contributed by atoms with Crippen LogP contribution in [0, 0.1) is 0 Å². The topological polar surface area (TPSA) is 92.9 Å². The van der Waals surface area contributed by atoms with Crippen molar-refractivity contribution in [3.8, 4) is 0 Å². The third-order valence-electron chi connectivity index (χ3n) is 5.05. The fourth-order valence-electron chi connectivity index (χ4n) is 3.87. The van der Waals surface area contributed by atoms with Crippen molar-refractivity contribution in [3.63, 3.8) is 0 Å². The van der Waals surface area contributed by atoms with Crippen molar-refractivity contribution in [3.05, 3.63) is 16.6 Å². The van der Waals surface area contributed by atoms with E-state index in [0.717, 1.165) is 36.0 Å². The Morgan fingerprint density at radius 3 is 2.72 bits per heavy atom. The lowest BCUT2D eigenvalue weighted by Crippen LogP contribution is -2.27. The van der Waals surface area contributed by atoms with Crippen LogP contribution in [0.3, 0.4) is 0 Å². The van der Waals surface area contributed by atoms with E-state index in [4.69, 9.17) is 9.61 Å². The molecule has 25 heavy (non-hydrogen) atoms. The van der Waals surface area contributed by atoms with E-state index in [-0.39, 0.29) is 6.04 Å². The number of hydrogen-bond donors (Lipinski definition) is 1. The quantitative estimate of drug-likeness (QED) is 0.761. The molecule has 3 aromatic heterocycles. The molecule has 3 aromatic rings. The van der Waals surface area contributed by atoms with Crippen LogP contribution in [0.4, 0.5) is 11.6 Å². The zero-order chi connectivity index (χ0) is 16.6. The van der Waals surface area contributed by atoms with E-state index in [1.165, 1.54) is 25.7 Å². The summed E-state index contributed by atoms with van der Waals surface area (Å²) in [6, 6.07) is 0.696. The first-order valence-corrected chi connectivity index (χ1v) is 9.69. The molecule has 0 bridgehead atoms. The van der Waals surface area contributed by atoms with Gasteiger partial charge in [0.15, 0.2) is 11.6 Å². The first-order valence-electron chi connectivity index (χ1n) is 8.81. The molecule has 0 amide bonds. The van der Waals surface area contributed by atoms with Crippen LogP contribution in [-0.2, 0) is 0 Å². The second-order valence-corrected chi connectivity index (χ2v) is 7.58. The zero-order valence-electron chi connectivity index (χ0n) is 13.8. The van der Waals surface area contributed by atoms with Gasteiger partial charge in [0.05, 0.1) is 6.04 Å². The highest BCUT2D eigenvalue weighted by Gasteiger charge is 2.32. The number of nitrogens with zero attached hydrogens (tertiary/aromatic N) is 6. The summed E-state index contributed by atoms with van der Waals surface area (Å²) in [5.41, 5.74) is 0.908. The minimum Gasteiger partial charge on any atom is -0.364 e. The van der Waals surface area contributed by atoms with E-state index in [9.17, 15) is 0 Å². The fraction of sp³-hybridized carbons (Fsp3) is 0.562. The third kappa shape index (κ3) is 2.72. The predicted molar refractivity (Wildman–Crippen MR) is 94.7 cm³/mol. The summed E-state index contributed by atoms with van der Waals surface area (Å²) in [6.45, 7) is 0.940. The van der Waals surface area contributed by atoms with E-state index >= 15 is 0 Å². The highest BCUT2D eigenvalue weighted by atomic mass is 32.1. The van der Waals surface area contributed by atoms with E-state index < -0.39 is 0 Å². The summed E-state index contributed by atoms with van der Waals surface area (Å²) in [7, 11) is 0. The number of thiazole rings is 1. The van der Waals surface area contributed by atoms with Gasteiger partial charge in [-0.1, -0.05) is 12.8 Å². The highest BCUT2D eigenvalue weighted by Crippen LogP contribution is 2.39. The molecule has 2 fully saturated rings. The predicted octanol–water partition coefficient (Wildman–Crippen LogP) is 3.17. The molecular weight excluding hydrogens is 338 g/mol. The lowest BCUT2D eigenvalue weighted by atomic mass is 10.2. The Labute approximate surface area is 148 Å². The second kappa shape index (κ2) is 6.21.